The van der Waals surface area contributed by atoms with Gasteiger partial charge in [0.2, 0.25) is 5.91 Å². The van der Waals surface area contributed by atoms with E-state index in [1.165, 1.54) is 0 Å². The van der Waals surface area contributed by atoms with Crippen LogP contribution in [0.15, 0.2) is 6.20 Å². The summed E-state index contributed by atoms with van der Waals surface area (Å²) in [4.78, 5) is 11.5. The van der Waals surface area contributed by atoms with Crippen molar-refractivity contribution >= 4 is 16.9 Å². The van der Waals surface area contributed by atoms with E-state index < -0.39 is 0 Å². The SMILES string of the molecule is Cc1nn(C)c2cnn(CCCNC(=O)C3CC3)c12. The van der Waals surface area contributed by atoms with E-state index in [0.717, 1.165) is 49.1 Å². The zero-order chi connectivity index (χ0) is 13.4. The first-order valence-electron chi connectivity index (χ1n) is 6.79. The van der Waals surface area contributed by atoms with Crippen molar-refractivity contribution in [2.75, 3.05) is 6.54 Å². The van der Waals surface area contributed by atoms with Crippen LogP contribution < -0.4 is 5.32 Å². The smallest absolute Gasteiger partial charge is 0.223 e. The van der Waals surface area contributed by atoms with Crippen LogP contribution in [-0.2, 0) is 18.4 Å². The molecule has 0 spiro atoms. The molecule has 1 aliphatic rings. The number of nitrogens with one attached hydrogen (secondary N) is 1. The van der Waals surface area contributed by atoms with Gasteiger partial charge in [0.1, 0.15) is 11.0 Å². The highest BCUT2D eigenvalue weighted by Gasteiger charge is 2.28. The Labute approximate surface area is 111 Å². The third-order valence-corrected chi connectivity index (χ3v) is 3.61. The van der Waals surface area contributed by atoms with Crippen LogP contribution in [0, 0.1) is 12.8 Å². The average Bonchev–Trinajstić information content (AvgIpc) is 3.08. The first kappa shape index (κ1) is 12.2. The Bertz CT molecular complexity index is 608. The lowest BCUT2D eigenvalue weighted by molar-refractivity contribution is -0.122. The van der Waals surface area contributed by atoms with Crippen molar-refractivity contribution in [2.24, 2.45) is 13.0 Å². The Kier molecular flexibility index (Phi) is 3.00. The van der Waals surface area contributed by atoms with Crippen LogP contribution in [0.5, 0.6) is 0 Å². The first-order chi connectivity index (χ1) is 9.16. The van der Waals surface area contributed by atoms with E-state index in [2.05, 4.69) is 15.5 Å². The Morgan fingerprint density at radius 2 is 2.32 bits per heavy atom. The van der Waals surface area contributed by atoms with Crippen molar-refractivity contribution in [2.45, 2.75) is 32.7 Å². The zero-order valence-corrected chi connectivity index (χ0v) is 11.4. The third-order valence-electron chi connectivity index (χ3n) is 3.61. The van der Waals surface area contributed by atoms with Crippen molar-refractivity contribution in [1.82, 2.24) is 24.9 Å². The van der Waals surface area contributed by atoms with Gasteiger partial charge < -0.3 is 5.32 Å². The van der Waals surface area contributed by atoms with Crippen molar-refractivity contribution in [3.63, 3.8) is 0 Å². The predicted molar refractivity (Wildman–Crippen MR) is 71.6 cm³/mol. The highest BCUT2D eigenvalue weighted by atomic mass is 16.2. The van der Waals surface area contributed by atoms with Gasteiger partial charge in [-0.1, -0.05) is 0 Å². The van der Waals surface area contributed by atoms with Crippen molar-refractivity contribution < 1.29 is 4.79 Å². The van der Waals surface area contributed by atoms with Gasteiger partial charge in [0, 0.05) is 26.1 Å². The molecular weight excluding hydrogens is 242 g/mol. The summed E-state index contributed by atoms with van der Waals surface area (Å²) in [5.41, 5.74) is 3.15. The Morgan fingerprint density at radius 1 is 1.53 bits per heavy atom. The number of hydrogen-bond acceptors (Lipinski definition) is 3. The molecule has 3 rings (SSSR count). The minimum absolute atomic E-state index is 0.211. The first-order valence-corrected chi connectivity index (χ1v) is 6.79. The minimum Gasteiger partial charge on any atom is -0.356 e. The average molecular weight is 261 g/mol. The number of aromatic nitrogens is 4. The molecule has 0 unspecified atom stereocenters. The lowest BCUT2D eigenvalue weighted by Gasteiger charge is -2.05. The normalized spacial score (nSPS) is 15.1. The summed E-state index contributed by atoms with van der Waals surface area (Å²) in [6.07, 6.45) is 4.85. The van der Waals surface area contributed by atoms with Crippen LogP contribution in [0.25, 0.3) is 11.0 Å². The molecule has 1 N–H and O–H groups in total. The fraction of sp³-hybridized carbons (Fsp3) is 0.615. The van der Waals surface area contributed by atoms with Crippen LogP contribution in [0.2, 0.25) is 0 Å². The lowest BCUT2D eigenvalue weighted by atomic mass is 10.3. The summed E-state index contributed by atoms with van der Waals surface area (Å²) < 4.78 is 3.82. The summed E-state index contributed by atoms with van der Waals surface area (Å²) in [5, 5.41) is 11.7. The fourth-order valence-electron chi connectivity index (χ4n) is 2.41. The van der Waals surface area contributed by atoms with Crippen LogP contribution in [0.1, 0.15) is 25.0 Å². The zero-order valence-electron chi connectivity index (χ0n) is 11.4. The molecule has 1 saturated carbocycles. The number of nitrogens with zero attached hydrogens (tertiary/aromatic N) is 4. The quantitative estimate of drug-likeness (QED) is 0.816. The van der Waals surface area contributed by atoms with Crippen LogP contribution in [-0.4, -0.2) is 32.0 Å². The van der Waals surface area contributed by atoms with E-state index in [-0.39, 0.29) is 11.8 Å². The number of fused-ring (bicyclic) bond motifs is 1. The van der Waals surface area contributed by atoms with E-state index in [4.69, 9.17) is 0 Å². The summed E-state index contributed by atoms with van der Waals surface area (Å²) in [6.45, 7) is 3.52. The largest absolute Gasteiger partial charge is 0.356 e. The van der Waals surface area contributed by atoms with Gasteiger partial charge in [-0.2, -0.15) is 10.2 Å². The fourth-order valence-corrected chi connectivity index (χ4v) is 2.41. The molecule has 6 nitrogen and oxygen atoms in total. The van der Waals surface area contributed by atoms with Gasteiger partial charge in [-0.25, -0.2) is 0 Å². The van der Waals surface area contributed by atoms with E-state index in [9.17, 15) is 4.79 Å². The number of carbonyl (C=O) groups excluding carboxylic acids is 1. The number of carbonyl (C=O) groups is 1. The molecule has 0 bridgehead atoms. The molecule has 0 saturated heterocycles. The maximum Gasteiger partial charge on any atom is 0.223 e. The number of hydrogen-bond donors (Lipinski definition) is 1. The molecule has 2 aromatic heterocycles. The second kappa shape index (κ2) is 4.68. The van der Waals surface area contributed by atoms with Gasteiger partial charge in [0.25, 0.3) is 0 Å². The van der Waals surface area contributed by atoms with Crippen molar-refractivity contribution in [3.05, 3.63) is 11.9 Å². The Morgan fingerprint density at radius 3 is 3.05 bits per heavy atom. The highest BCUT2D eigenvalue weighted by Crippen LogP contribution is 2.28. The number of rotatable bonds is 5. The maximum absolute atomic E-state index is 11.5. The maximum atomic E-state index is 11.5. The molecule has 19 heavy (non-hydrogen) atoms. The lowest BCUT2D eigenvalue weighted by Crippen LogP contribution is -2.26. The Balaban J connectivity index is 1.57. The molecule has 0 radical (unpaired) electrons. The molecule has 102 valence electrons. The molecule has 1 aliphatic carbocycles. The number of amides is 1. The summed E-state index contributed by atoms with van der Waals surface area (Å²) in [7, 11) is 1.93. The predicted octanol–water partition coefficient (Wildman–Crippen LogP) is 0.995. The van der Waals surface area contributed by atoms with Gasteiger partial charge in [-0.05, 0) is 26.2 Å². The van der Waals surface area contributed by atoms with Crippen molar-refractivity contribution in [1.29, 1.82) is 0 Å². The molecule has 2 heterocycles. The van der Waals surface area contributed by atoms with Crippen molar-refractivity contribution in [3.8, 4) is 0 Å². The third kappa shape index (κ3) is 2.34. The minimum atomic E-state index is 0.211. The van der Waals surface area contributed by atoms with Crippen LogP contribution >= 0.6 is 0 Å². The van der Waals surface area contributed by atoms with Crippen LogP contribution in [0.3, 0.4) is 0 Å². The van der Waals surface area contributed by atoms with E-state index in [0.29, 0.717) is 0 Å². The monoisotopic (exact) mass is 261 g/mol. The molecular formula is C13H19N5O. The molecule has 1 amide bonds. The summed E-state index contributed by atoms with van der Waals surface area (Å²) in [5.74, 6) is 0.500. The molecule has 2 aromatic rings. The molecule has 0 aromatic carbocycles. The second-order valence-electron chi connectivity index (χ2n) is 5.23. The van der Waals surface area contributed by atoms with E-state index in [1.807, 2.05) is 29.5 Å². The molecule has 1 fully saturated rings. The van der Waals surface area contributed by atoms with Gasteiger partial charge >= 0.3 is 0 Å². The van der Waals surface area contributed by atoms with Gasteiger partial charge in [0.05, 0.1) is 11.9 Å². The van der Waals surface area contributed by atoms with Gasteiger partial charge in [-0.15, -0.1) is 0 Å². The summed E-state index contributed by atoms with van der Waals surface area (Å²) >= 11 is 0. The molecule has 0 aliphatic heterocycles. The second-order valence-corrected chi connectivity index (χ2v) is 5.23. The van der Waals surface area contributed by atoms with Gasteiger partial charge in [-0.3, -0.25) is 14.2 Å². The van der Waals surface area contributed by atoms with E-state index >= 15 is 0 Å². The van der Waals surface area contributed by atoms with E-state index in [1.54, 1.807) is 0 Å². The standard InChI is InChI=1S/C13H19N5O/c1-9-12-11(17(2)16-9)8-15-18(12)7-3-6-14-13(19)10-4-5-10/h8,10H,3-7H2,1-2H3,(H,14,19). The molecule has 0 atom stereocenters. The van der Waals surface area contributed by atoms with Crippen LogP contribution in [0.4, 0.5) is 0 Å². The number of aryl methyl sites for hydroxylation is 3. The molecule has 6 heteroatoms. The van der Waals surface area contributed by atoms with Gasteiger partial charge in [0.15, 0.2) is 0 Å². The topological polar surface area (TPSA) is 64.7 Å². The Hall–Kier alpha value is -1.85. The highest BCUT2D eigenvalue weighted by molar-refractivity contribution is 5.80. The summed E-state index contributed by atoms with van der Waals surface area (Å²) in [6, 6.07) is 0.